The summed E-state index contributed by atoms with van der Waals surface area (Å²) in [6, 6.07) is 6.60. The summed E-state index contributed by atoms with van der Waals surface area (Å²) >= 11 is 1.89. The first-order chi connectivity index (χ1) is 11.9. The molecular weight excluding hydrogens is 360 g/mol. The fraction of sp³-hybridized carbons (Fsp3) is 0.588. The zero-order valence-electron chi connectivity index (χ0n) is 14.7. The van der Waals surface area contributed by atoms with E-state index in [-0.39, 0.29) is 12.5 Å². The van der Waals surface area contributed by atoms with Gasteiger partial charge in [0.25, 0.3) is 0 Å². The van der Waals surface area contributed by atoms with E-state index in [0.717, 1.165) is 16.3 Å². The summed E-state index contributed by atoms with van der Waals surface area (Å²) in [5.41, 5.74) is 0.443. The molecule has 25 heavy (non-hydrogen) atoms. The van der Waals surface area contributed by atoms with Crippen LogP contribution < -0.4 is 14.4 Å². The summed E-state index contributed by atoms with van der Waals surface area (Å²) < 4.78 is 30.2. The molecule has 8 heteroatoms. The summed E-state index contributed by atoms with van der Waals surface area (Å²) in [4.78, 5) is 12.1. The Hall–Kier alpha value is -1.41. The number of methoxy groups -OCH3 is 1. The van der Waals surface area contributed by atoms with Gasteiger partial charge < -0.3 is 10.1 Å². The summed E-state index contributed by atoms with van der Waals surface area (Å²) in [5, 5.41) is 3.52. The van der Waals surface area contributed by atoms with Crippen LogP contribution in [0.2, 0.25) is 0 Å². The highest BCUT2D eigenvalue weighted by Gasteiger charge is 2.21. The van der Waals surface area contributed by atoms with E-state index < -0.39 is 10.0 Å². The topological polar surface area (TPSA) is 75.7 Å². The first kappa shape index (κ1) is 19.9. The van der Waals surface area contributed by atoms with Crippen LogP contribution in [0.4, 0.5) is 5.69 Å². The number of anilines is 1. The Morgan fingerprint density at radius 3 is 2.48 bits per heavy atom. The van der Waals surface area contributed by atoms with Crippen molar-refractivity contribution in [3.63, 3.8) is 0 Å². The van der Waals surface area contributed by atoms with Crippen molar-refractivity contribution in [1.29, 1.82) is 0 Å². The number of hydrogen-bond acceptors (Lipinski definition) is 5. The minimum absolute atomic E-state index is 0.223. The number of amides is 1. The third kappa shape index (κ3) is 6.43. The second-order valence-electron chi connectivity index (χ2n) is 6.09. The Labute approximate surface area is 154 Å². The molecule has 1 fully saturated rings. The molecule has 1 aromatic carbocycles. The van der Waals surface area contributed by atoms with E-state index >= 15 is 0 Å². The average Bonchev–Trinajstić information content (AvgIpc) is 3.09. The number of hydrogen-bond donors (Lipinski definition) is 1. The first-order valence-corrected chi connectivity index (χ1v) is 11.3. The second kappa shape index (κ2) is 9.33. The Bertz CT molecular complexity index is 656. The van der Waals surface area contributed by atoms with Crippen molar-refractivity contribution in [1.82, 2.24) is 5.32 Å². The van der Waals surface area contributed by atoms with Gasteiger partial charge in [-0.15, -0.1) is 0 Å². The Kier molecular flexibility index (Phi) is 7.43. The lowest BCUT2D eigenvalue weighted by Gasteiger charge is -2.22. The van der Waals surface area contributed by atoms with Gasteiger partial charge in [0.2, 0.25) is 15.9 Å². The molecule has 1 aliphatic carbocycles. The zero-order chi connectivity index (χ0) is 18.3. The van der Waals surface area contributed by atoms with Gasteiger partial charge in [-0.05, 0) is 37.1 Å². The SMILES string of the molecule is COc1ccc(N(CC(=O)NCCSC2CCCC2)S(C)(=O)=O)cc1. The predicted octanol–water partition coefficient (Wildman–Crippen LogP) is 2.25. The van der Waals surface area contributed by atoms with E-state index in [1.54, 1.807) is 31.4 Å². The van der Waals surface area contributed by atoms with Gasteiger partial charge in [-0.25, -0.2) is 8.42 Å². The van der Waals surface area contributed by atoms with Crippen molar-refractivity contribution in [2.45, 2.75) is 30.9 Å². The number of rotatable bonds is 9. The van der Waals surface area contributed by atoms with Gasteiger partial charge in [-0.3, -0.25) is 9.10 Å². The maximum absolute atomic E-state index is 12.1. The van der Waals surface area contributed by atoms with Gasteiger partial charge in [0.1, 0.15) is 12.3 Å². The smallest absolute Gasteiger partial charge is 0.240 e. The lowest BCUT2D eigenvalue weighted by Crippen LogP contribution is -2.41. The number of nitrogens with zero attached hydrogens (tertiary/aromatic N) is 1. The first-order valence-electron chi connectivity index (χ1n) is 8.40. The molecular formula is C17H26N2O4S2. The van der Waals surface area contributed by atoms with Crippen LogP contribution in [0.1, 0.15) is 25.7 Å². The Balaban J connectivity index is 1.86. The quantitative estimate of drug-likeness (QED) is 0.659. The standard InChI is InChI=1S/C17H26N2O4S2/c1-23-15-9-7-14(8-10-15)19(25(2,21)22)13-17(20)18-11-12-24-16-5-3-4-6-16/h7-10,16H,3-6,11-13H2,1-2H3,(H,18,20). The third-order valence-corrected chi connectivity index (χ3v) is 6.65. The molecule has 140 valence electrons. The van der Waals surface area contributed by atoms with Crippen molar-refractivity contribution >= 4 is 33.4 Å². The molecule has 0 heterocycles. The number of nitrogens with one attached hydrogen (secondary N) is 1. The molecule has 6 nitrogen and oxygen atoms in total. The third-order valence-electron chi connectivity index (χ3n) is 4.13. The van der Waals surface area contributed by atoms with E-state index in [4.69, 9.17) is 4.74 Å². The predicted molar refractivity (Wildman–Crippen MR) is 103 cm³/mol. The summed E-state index contributed by atoms with van der Waals surface area (Å²) in [7, 11) is -2.01. The zero-order valence-corrected chi connectivity index (χ0v) is 16.4. The van der Waals surface area contributed by atoms with Crippen molar-refractivity contribution in [2.75, 3.05) is 36.5 Å². The van der Waals surface area contributed by atoms with Crippen LogP contribution >= 0.6 is 11.8 Å². The fourth-order valence-corrected chi connectivity index (χ4v) is 4.88. The van der Waals surface area contributed by atoms with E-state index in [1.807, 2.05) is 11.8 Å². The highest BCUT2D eigenvalue weighted by Crippen LogP contribution is 2.28. The molecule has 0 bridgehead atoms. The van der Waals surface area contributed by atoms with Crippen molar-refractivity contribution < 1.29 is 17.9 Å². The monoisotopic (exact) mass is 386 g/mol. The van der Waals surface area contributed by atoms with E-state index in [2.05, 4.69) is 5.32 Å². The van der Waals surface area contributed by atoms with Gasteiger partial charge >= 0.3 is 0 Å². The van der Waals surface area contributed by atoms with Crippen LogP contribution in [0.5, 0.6) is 5.75 Å². The van der Waals surface area contributed by atoms with Gasteiger partial charge in [0.15, 0.2) is 0 Å². The molecule has 1 aliphatic rings. The fourth-order valence-electron chi connectivity index (χ4n) is 2.81. The van der Waals surface area contributed by atoms with Gasteiger partial charge in [0.05, 0.1) is 19.1 Å². The van der Waals surface area contributed by atoms with Crippen molar-refractivity contribution in [2.24, 2.45) is 0 Å². The number of benzene rings is 1. The number of sulfonamides is 1. The van der Waals surface area contributed by atoms with Gasteiger partial charge in [0, 0.05) is 17.5 Å². The van der Waals surface area contributed by atoms with E-state index in [0.29, 0.717) is 23.2 Å². The minimum atomic E-state index is -3.55. The maximum atomic E-state index is 12.1. The van der Waals surface area contributed by atoms with Crippen LogP contribution in [-0.4, -0.2) is 51.8 Å². The molecule has 0 atom stereocenters. The molecule has 0 spiro atoms. The Morgan fingerprint density at radius 2 is 1.92 bits per heavy atom. The molecule has 0 saturated heterocycles. The Morgan fingerprint density at radius 1 is 1.28 bits per heavy atom. The highest BCUT2D eigenvalue weighted by atomic mass is 32.2. The van der Waals surface area contributed by atoms with Gasteiger partial charge in [-0.2, -0.15) is 11.8 Å². The lowest BCUT2D eigenvalue weighted by molar-refractivity contribution is -0.119. The summed E-state index contributed by atoms with van der Waals surface area (Å²) in [6.45, 7) is 0.333. The minimum Gasteiger partial charge on any atom is -0.497 e. The molecule has 1 saturated carbocycles. The summed E-state index contributed by atoms with van der Waals surface area (Å²) in [5.74, 6) is 1.19. The van der Waals surface area contributed by atoms with Crippen LogP contribution in [0.25, 0.3) is 0 Å². The van der Waals surface area contributed by atoms with Gasteiger partial charge in [-0.1, -0.05) is 12.8 Å². The molecule has 0 radical (unpaired) electrons. The average molecular weight is 387 g/mol. The molecule has 2 rings (SSSR count). The van der Waals surface area contributed by atoms with Crippen LogP contribution in [0.15, 0.2) is 24.3 Å². The van der Waals surface area contributed by atoms with Crippen molar-refractivity contribution in [3.8, 4) is 5.75 Å². The molecule has 0 aromatic heterocycles. The molecule has 0 unspecified atom stereocenters. The van der Waals surface area contributed by atoms with E-state index in [9.17, 15) is 13.2 Å². The number of carbonyl (C=O) groups is 1. The van der Waals surface area contributed by atoms with E-state index in [1.165, 1.54) is 25.7 Å². The summed E-state index contributed by atoms with van der Waals surface area (Å²) in [6.07, 6.45) is 6.22. The van der Waals surface area contributed by atoms with Crippen LogP contribution in [0, 0.1) is 0 Å². The number of ether oxygens (including phenoxy) is 1. The normalized spacial score (nSPS) is 15.1. The van der Waals surface area contributed by atoms with Crippen LogP contribution in [-0.2, 0) is 14.8 Å². The molecule has 1 amide bonds. The molecule has 0 aliphatic heterocycles. The van der Waals surface area contributed by atoms with Crippen LogP contribution in [0.3, 0.4) is 0 Å². The molecule has 1 N–H and O–H groups in total. The number of carbonyl (C=O) groups excluding carboxylic acids is 1. The highest BCUT2D eigenvalue weighted by molar-refractivity contribution is 7.99. The molecule has 1 aromatic rings. The lowest BCUT2D eigenvalue weighted by atomic mass is 10.3. The maximum Gasteiger partial charge on any atom is 0.240 e. The largest absolute Gasteiger partial charge is 0.497 e. The second-order valence-corrected chi connectivity index (χ2v) is 9.41. The van der Waals surface area contributed by atoms with Crippen molar-refractivity contribution in [3.05, 3.63) is 24.3 Å². The number of thioether (sulfide) groups is 1.